The molecule has 1 aromatic heterocycles. The summed E-state index contributed by atoms with van der Waals surface area (Å²) in [4.78, 5) is 4.80. The number of hydrogen-bond donors (Lipinski definition) is 2. The lowest BCUT2D eigenvalue weighted by Crippen LogP contribution is -2.45. The minimum absolute atomic E-state index is 0.0292. The highest BCUT2D eigenvalue weighted by Gasteiger charge is 2.36. The number of hydrogen-bond acceptors (Lipinski definition) is 4. The van der Waals surface area contributed by atoms with E-state index in [0.29, 0.717) is 4.99 Å². The summed E-state index contributed by atoms with van der Waals surface area (Å²) in [5.74, 6) is 0. The Labute approximate surface area is 119 Å². The Morgan fingerprint density at radius 1 is 1.53 bits per heavy atom. The van der Waals surface area contributed by atoms with Gasteiger partial charge in [0.2, 0.25) is 0 Å². The number of methoxy groups -OCH3 is 1. The van der Waals surface area contributed by atoms with E-state index >= 15 is 0 Å². The summed E-state index contributed by atoms with van der Waals surface area (Å²) in [6.45, 7) is 4.68. The van der Waals surface area contributed by atoms with Gasteiger partial charge in [0.05, 0.1) is 11.2 Å². The molecular weight excluding hydrogens is 258 g/mol. The molecule has 0 aromatic carbocycles. The molecule has 19 heavy (non-hydrogen) atoms. The van der Waals surface area contributed by atoms with Crippen LogP contribution < -0.4 is 11.1 Å². The maximum absolute atomic E-state index is 5.80. The first-order valence-electron chi connectivity index (χ1n) is 6.54. The molecular formula is C14H21N3OS. The lowest BCUT2D eigenvalue weighted by molar-refractivity contribution is -0.0601. The fraction of sp³-hybridized carbons (Fsp3) is 0.571. The number of aryl methyl sites for hydroxylation is 2. The summed E-state index contributed by atoms with van der Waals surface area (Å²) in [5, 5.41) is 3.44. The van der Waals surface area contributed by atoms with Gasteiger partial charge < -0.3 is 15.8 Å². The van der Waals surface area contributed by atoms with Crippen molar-refractivity contribution in [1.29, 1.82) is 0 Å². The summed E-state index contributed by atoms with van der Waals surface area (Å²) >= 11 is 5.13. The smallest absolute Gasteiger partial charge is 0.107 e. The molecule has 1 saturated carbocycles. The van der Waals surface area contributed by atoms with Gasteiger partial charge in [-0.1, -0.05) is 12.2 Å². The van der Waals surface area contributed by atoms with Crippen LogP contribution in [0.3, 0.4) is 0 Å². The van der Waals surface area contributed by atoms with Gasteiger partial charge in [-0.25, -0.2) is 0 Å². The summed E-state index contributed by atoms with van der Waals surface area (Å²) in [6, 6.07) is 1.99. The molecule has 0 unspecified atom stereocenters. The van der Waals surface area contributed by atoms with E-state index in [0.717, 1.165) is 42.0 Å². The van der Waals surface area contributed by atoms with E-state index in [4.69, 9.17) is 22.7 Å². The summed E-state index contributed by atoms with van der Waals surface area (Å²) in [5.41, 5.74) is 9.40. The first-order chi connectivity index (χ1) is 8.97. The van der Waals surface area contributed by atoms with E-state index in [9.17, 15) is 0 Å². The average Bonchev–Trinajstić information content (AvgIpc) is 2.26. The van der Waals surface area contributed by atoms with Crippen molar-refractivity contribution in [2.24, 2.45) is 5.73 Å². The summed E-state index contributed by atoms with van der Waals surface area (Å²) in [6.07, 6.45) is 3.43. The molecule has 2 rings (SSSR count). The molecule has 104 valence electrons. The lowest BCUT2D eigenvalue weighted by Gasteiger charge is -2.41. The molecule has 1 aromatic rings. The zero-order valence-corrected chi connectivity index (χ0v) is 12.6. The van der Waals surface area contributed by atoms with Crippen LogP contribution in [0.15, 0.2) is 6.07 Å². The molecule has 0 amide bonds. The Morgan fingerprint density at radius 2 is 2.21 bits per heavy atom. The van der Waals surface area contributed by atoms with E-state index in [1.165, 1.54) is 6.42 Å². The number of rotatable bonds is 5. The highest BCUT2D eigenvalue weighted by Crippen LogP contribution is 2.35. The van der Waals surface area contributed by atoms with Crippen LogP contribution in [-0.4, -0.2) is 29.2 Å². The Bertz CT molecular complexity index is 492. The minimum Gasteiger partial charge on any atom is -0.389 e. The van der Waals surface area contributed by atoms with Crippen LogP contribution in [0.25, 0.3) is 0 Å². The van der Waals surface area contributed by atoms with Crippen molar-refractivity contribution in [2.45, 2.75) is 38.7 Å². The summed E-state index contributed by atoms with van der Waals surface area (Å²) < 4.78 is 5.61. The zero-order valence-electron chi connectivity index (χ0n) is 11.7. The van der Waals surface area contributed by atoms with Gasteiger partial charge in [0.15, 0.2) is 0 Å². The highest BCUT2D eigenvalue weighted by atomic mass is 32.1. The molecule has 3 N–H and O–H groups in total. The van der Waals surface area contributed by atoms with E-state index in [-0.39, 0.29) is 5.60 Å². The number of ether oxygens (including phenoxy) is 1. The van der Waals surface area contributed by atoms with Crippen LogP contribution >= 0.6 is 12.2 Å². The first kappa shape index (κ1) is 14.2. The third kappa shape index (κ3) is 2.87. The van der Waals surface area contributed by atoms with Crippen LogP contribution in [0, 0.1) is 13.8 Å². The van der Waals surface area contributed by atoms with Crippen LogP contribution in [0.2, 0.25) is 0 Å². The fourth-order valence-corrected chi connectivity index (χ4v) is 2.82. The molecule has 1 aliphatic rings. The molecule has 4 nitrogen and oxygen atoms in total. The fourth-order valence-electron chi connectivity index (χ4n) is 2.56. The Hall–Kier alpha value is -1.20. The number of aromatic nitrogens is 1. The van der Waals surface area contributed by atoms with Crippen molar-refractivity contribution in [3.63, 3.8) is 0 Å². The van der Waals surface area contributed by atoms with Crippen LogP contribution in [0.1, 0.15) is 36.2 Å². The second-order valence-electron chi connectivity index (χ2n) is 5.23. The topological polar surface area (TPSA) is 60.2 Å². The van der Waals surface area contributed by atoms with Crippen molar-refractivity contribution in [2.75, 3.05) is 19.0 Å². The lowest BCUT2D eigenvalue weighted by atomic mass is 9.80. The summed E-state index contributed by atoms with van der Waals surface area (Å²) in [7, 11) is 1.78. The number of thiocarbonyl (C=S) groups is 1. The monoisotopic (exact) mass is 279 g/mol. The Balaban J connectivity index is 2.21. The second-order valence-corrected chi connectivity index (χ2v) is 5.67. The molecule has 0 aliphatic heterocycles. The minimum atomic E-state index is -0.0292. The highest BCUT2D eigenvalue weighted by molar-refractivity contribution is 7.80. The maximum Gasteiger partial charge on any atom is 0.107 e. The van der Waals surface area contributed by atoms with Gasteiger partial charge in [-0.2, -0.15) is 0 Å². The third-order valence-electron chi connectivity index (χ3n) is 3.87. The van der Waals surface area contributed by atoms with Crippen molar-refractivity contribution < 1.29 is 4.74 Å². The molecule has 0 spiro atoms. The van der Waals surface area contributed by atoms with Gasteiger partial charge in [-0.3, -0.25) is 4.98 Å². The Kier molecular flexibility index (Phi) is 4.06. The second kappa shape index (κ2) is 5.43. The van der Waals surface area contributed by atoms with Crippen molar-refractivity contribution in [3.8, 4) is 0 Å². The van der Waals surface area contributed by atoms with E-state index in [1.807, 2.05) is 19.9 Å². The molecule has 0 bridgehead atoms. The number of nitrogens with zero attached hydrogens (tertiary/aromatic N) is 1. The van der Waals surface area contributed by atoms with Crippen LogP contribution in [0.5, 0.6) is 0 Å². The van der Waals surface area contributed by atoms with Gasteiger partial charge in [-0.15, -0.1) is 0 Å². The van der Waals surface area contributed by atoms with Gasteiger partial charge in [0.1, 0.15) is 4.99 Å². The molecule has 1 aliphatic carbocycles. The molecule has 5 heteroatoms. The van der Waals surface area contributed by atoms with Crippen LogP contribution in [-0.2, 0) is 4.74 Å². The number of nitrogens with one attached hydrogen (secondary N) is 1. The van der Waals surface area contributed by atoms with Gasteiger partial charge in [0.25, 0.3) is 0 Å². The number of pyridine rings is 1. The predicted molar refractivity (Wildman–Crippen MR) is 81.7 cm³/mol. The molecule has 1 fully saturated rings. The van der Waals surface area contributed by atoms with Crippen molar-refractivity contribution in [1.82, 2.24) is 4.98 Å². The zero-order chi connectivity index (χ0) is 14.0. The molecule has 0 radical (unpaired) electrons. The van der Waals surface area contributed by atoms with Gasteiger partial charge >= 0.3 is 0 Å². The largest absolute Gasteiger partial charge is 0.389 e. The van der Waals surface area contributed by atoms with E-state index in [2.05, 4.69) is 10.3 Å². The predicted octanol–water partition coefficient (Wildman–Crippen LogP) is 2.31. The quantitative estimate of drug-likeness (QED) is 0.810. The van der Waals surface area contributed by atoms with Gasteiger partial charge in [-0.05, 0) is 39.2 Å². The van der Waals surface area contributed by atoms with E-state index < -0.39 is 0 Å². The normalized spacial score (nSPS) is 16.8. The van der Waals surface area contributed by atoms with Gasteiger partial charge in [0, 0.05) is 30.7 Å². The first-order valence-corrected chi connectivity index (χ1v) is 6.95. The van der Waals surface area contributed by atoms with Crippen LogP contribution in [0.4, 0.5) is 5.69 Å². The molecule has 1 heterocycles. The average molecular weight is 279 g/mol. The third-order valence-corrected chi connectivity index (χ3v) is 4.08. The maximum atomic E-state index is 5.80. The number of nitrogens with two attached hydrogens (primary N) is 1. The van der Waals surface area contributed by atoms with E-state index in [1.54, 1.807) is 7.11 Å². The van der Waals surface area contributed by atoms with Crippen molar-refractivity contribution >= 4 is 22.9 Å². The van der Waals surface area contributed by atoms with Crippen molar-refractivity contribution in [3.05, 3.63) is 23.0 Å². The SMILES string of the molecule is COC1(CNc2cc(C)nc(C)c2C(N)=S)CCC1. The molecule has 0 saturated heterocycles. The Morgan fingerprint density at radius 3 is 2.68 bits per heavy atom. The standard InChI is InChI=1S/C14H21N3OS/c1-9-7-11(12(13(15)19)10(2)17-9)16-8-14(18-3)5-4-6-14/h7H,4-6,8H2,1-3H3,(H2,15,19)(H,16,17). The molecule has 0 atom stereocenters. The number of anilines is 1.